The second-order valence-electron chi connectivity index (χ2n) is 4.28. The van der Waals surface area contributed by atoms with Gasteiger partial charge in [-0.15, -0.1) is 0 Å². The molecule has 0 radical (unpaired) electrons. The minimum atomic E-state index is 0.122. The molecule has 1 N–H and O–H groups in total. The Balaban J connectivity index is 2.18. The fourth-order valence-corrected chi connectivity index (χ4v) is 1.99. The van der Waals surface area contributed by atoms with E-state index in [-0.39, 0.29) is 6.04 Å². The summed E-state index contributed by atoms with van der Waals surface area (Å²) in [4.78, 5) is 3.94. The van der Waals surface area contributed by atoms with Gasteiger partial charge in [-0.05, 0) is 39.0 Å². The summed E-state index contributed by atoms with van der Waals surface area (Å²) in [6.45, 7) is 5.95. The van der Waals surface area contributed by atoms with Crippen molar-refractivity contribution in [2.75, 3.05) is 5.32 Å². The van der Waals surface area contributed by atoms with Crippen LogP contribution in [0.5, 0.6) is 0 Å². The van der Waals surface area contributed by atoms with Crippen LogP contribution in [0.1, 0.15) is 35.7 Å². The van der Waals surface area contributed by atoms with Crippen LogP contribution >= 0.6 is 0 Å². The minimum Gasteiger partial charge on any atom is -0.466 e. The van der Waals surface area contributed by atoms with E-state index in [2.05, 4.69) is 17.2 Å². The first-order chi connectivity index (χ1) is 8.60. The first-order valence-corrected chi connectivity index (χ1v) is 5.80. The predicted octanol–water partition coefficient (Wildman–Crippen LogP) is 3.34. The van der Waals surface area contributed by atoms with Crippen LogP contribution in [-0.4, -0.2) is 4.98 Å². The Labute approximate surface area is 106 Å². The summed E-state index contributed by atoms with van der Waals surface area (Å²) in [6.07, 6.45) is 1.63. The van der Waals surface area contributed by atoms with Crippen LogP contribution in [-0.2, 0) is 0 Å². The van der Waals surface area contributed by atoms with Crippen molar-refractivity contribution in [2.24, 2.45) is 0 Å². The van der Waals surface area contributed by atoms with Crippen LogP contribution in [0.15, 0.2) is 28.8 Å². The maximum absolute atomic E-state index is 8.81. The average Bonchev–Trinajstić information content (AvgIpc) is 2.69. The Bertz CT molecular complexity index is 595. The lowest BCUT2D eigenvalue weighted by molar-refractivity contribution is 0.500. The van der Waals surface area contributed by atoms with Crippen molar-refractivity contribution in [3.05, 3.63) is 47.2 Å². The van der Waals surface area contributed by atoms with Gasteiger partial charge in [0.2, 0.25) is 0 Å². The van der Waals surface area contributed by atoms with Gasteiger partial charge in [-0.1, -0.05) is 0 Å². The first kappa shape index (κ1) is 12.2. The first-order valence-electron chi connectivity index (χ1n) is 5.80. The second kappa shape index (κ2) is 4.92. The fraction of sp³-hybridized carbons (Fsp3) is 0.286. The average molecular weight is 241 g/mol. The largest absolute Gasteiger partial charge is 0.466 e. The number of pyridine rings is 1. The van der Waals surface area contributed by atoms with Gasteiger partial charge in [-0.25, -0.2) is 4.98 Å². The lowest BCUT2D eigenvalue weighted by Gasteiger charge is -2.14. The third-order valence-corrected chi connectivity index (χ3v) is 2.80. The van der Waals surface area contributed by atoms with Gasteiger partial charge in [0.25, 0.3) is 0 Å². The third-order valence-electron chi connectivity index (χ3n) is 2.80. The second-order valence-corrected chi connectivity index (χ2v) is 4.28. The van der Waals surface area contributed by atoms with Gasteiger partial charge in [0.1, 0.15) is 23.3 Å². The molecule has 1 unspecified atom stereocenters. The summed E-state index contributed by atoms with van der Waals surface area (Å²) in [5.74, 6) is 1.82. The molecule has 2 heterocycles. The van der Waals surface area contributed by atoms with Gasteiger partial charge in [-0.2, -0.15) is 5.26 Å². The molecule has 2 rings (SSSR count). The van der Waals surface area contributed by atoms with Crippen LogP contribution in [0.25, 0.3) is 0 Å². The number of nitrogens with zero attached hydrogens (tertiary/aromatic N) is 2. The maximum Gasteiger partial charge on any atom is 0.142 e. The van der Waals surface area contributed by atoms with Crippen molar-refractivity contribution < 1.29 is 4.42 Å². The van der Waals surface area contributed by atoms with Crippen LogP contribution in [0.2, 0.25) is 0 Å². The standard InChI is InChI=1S/C14H15N3O/c1-9-6-14(11(3)18-9)10(2)17-12-4-5-16-13(7-12)8-15/h4-7,10H,1-3H3,(H,16,17). The Kier molecular flexibility index (Phi) is 3.33. The summed E-state index contributed by atoms with van der Waals surface area (Å²) in [5.41, 5.74) is 2.42. The van der Waals surface area contributed by atoms with Gasteiger partial charge in [0, 0.05) is 17.4 Å². The molecule has 4 heteroatoms. The fourth-order valence-electron chi connectivity index (χ4n) is 1.99. The van der Waals surface area contributed by atoms with Crippen LogP contribution in [0.4, 0.5) is 5.69 Å². The number of rotatable bonds is 3. The molecular weight excluding hydrogens is 226 g/mol. The highest BCUT2D eigenvalue weighted by Gasteiger charge is 2.12. The summed E-state index contributed by atoms with van der Waals surface area (Å²) < 4.78 is 5.51. The number of aryl methyl sites for hydroxylation is 2. The molecule has 4 nitrogen and oxygen atoms in total. The van der Waals surface area contributed by atoms with Crippen molar-refractivity contribution in [1.29, 1.82) is 5.26 Å². The van der Waals surface area contributed by atoms with Crippen LogP contribution in [0.3, 0.4) is 0 Å². The van der Waals surface area contributed by atoms with E-state index in [0.29, 0.717) is 5.69 Å². The van der Waals surface area contributed by atoms with Crippen molar-refractivity contribution in [1.82, 2.24) is 4.98 Å². The number of aromatic nitrogens is 1. The zero-order valence-corrected chi connectivity index (χ0v) is 10.7. The van der Waals surface area contributed by atoms with Crippen molar-refractivity contribution in [2.45, 2.75) is 26.8 Å². The predicted molar refractivity (Wildman–Crippen MR) is 69.2 cm³/mol. The van der Waals surface area contributed by atoms with Crippen molar-refractivity contribution >= 4 is 5.69 Å². The lowest BCUT2D eigenvalue weighted by atomic mass is 10.1. The number of nitrogens with one attached hydrogen (secondary N) is 1. The Hall–Kier alpha value is -2.28. The Morgan fingerprint density at radius 3 is 2.78 bits per heavy atom. The van der Waals surface area contributed by atoms with Crippen molar-refractivity contribution in [3.63, 3.8) is 0 Å². The molecule has 0 saturated carbocycles. The van der Waals surface area contributed by atoms with E-state index in [4.69, 9.17) is 9.68 Å². The summed E-state index contributed by atoms with van der Waals surface area (Å²) in [6, 6.07) is 7.76. The molecule has 0 amide bonds. The van der Waals surface area contributed by atoms with Gasteiger partial charge in [-0.3, -0.25) is 0 Å². The molecular formula is C14H15N3O. The molecule has 0 aliphatic carbocycles. The van der Waals surface area contributed by atoms with E-state index in [1.54, 1.807) is 12.3 Å². The molecule has 2 aromatic rings. The number of hydrogen-bond acceptors (Lipinski definition) is 4. The zero-order chi connectivity index (χ0) is 13.1. The number of anilines is 1. The SMILES string of the molecule is Cc1cc(C(C)Nc2ccnc(C#N)c2)c(C)o1. The van der Waals surface area contributed by atoms with E-state index < -0.39 is 0 Å². The van der Waals surface area contributed by atoms with E-state index >= 15 is 0 Å². The smallest absolute Gasteiger partial charge is 0.142 e. The van der Waals surface area contributed by atoms with Crippen LogP contribution in [0, 0.1) is 25.2 Å². The third kappa shape index (κ3) is 2.51. The molecule has 0 aromatic carbocycles. The summed E-state index contributed by atoms with van der Waals surface area (Å²) in [7, 11) is 0. The normalized spacial score (nSPS) is 11.9. The lowest BCUT2D eigenvalue weighted by Crippen LogP contribution is -2.07. The summed E-state index contributed by atoms with van der Waals surface area (Å²) in [5, 5.41) is 12.1. The van der Waals surface area contributed by atoms with Gasteiger partial charge in [0.15, 0.2) is 0 Å². The topological polar surface area (TPSA) is 61.9 Å². The van der Waals surface area contributed by atoms with Gasteiger partial charge >= 0.3 is 0 Å². The highest BCUT2D eigenvalue weighted by molar-refractivity contribution is 5.48. The monoisotopic (exact) mass is 241 g/mol. The molecule has 0 aliphatic rings. The van der Waals surface area contributed by atoms with Crippen LogP contribution < -0.4 is 5.32 Å². The molecule has 0 spiro atoms. The Morgan fingerprint density at radius 2 is 2.17 bits per heavy atom. The molecule has 0 saturated heterocycles. The molecule has 92 valence electrons. The molecule has 18 heavy (non-hydrogen) atoms. The van der Waals surface area contributed by atoms with Gasteiger partial charge in [0.05, 0.1) is 6.04 Å². The van der Waals surface area contributed by atoms with E-state index in [1.165, 1.54) is 0 Å². The quantitative estimate of drug-likeness (QED) is 0.895. The summed E-state index contributed by atoms with van der Waals surface area (Å²) >= 11 is 0. The number of nitriles is 1. The molecule has 0 fully saturated rings. The van der Waals surface area contributed by atoms with E-state index in [9.17, 15) is 0 Å². The molecule has 0 aliphatic heterocycles. The highest BCUT2D eigenvalue weighted by Crippen LogP contribution is 2.24. The van der Waals surface area contributed by atoms with Crippen molar-refractivity contribution in [3.8, 4) is 6.07 Å². The molecule has 0 bridgehead atoms. The number of furan rings is 1. The van der Waals surface area contributed by atoms with E-state index in [0.717, 1.165) is 22.8 Å². The Morgan fingerprint density at radius 1 is 1.39 bits per heavy atom. The molecule has 1 atom stereocenters. The zero-order valence-electron chi connectivity index (χ0n) is 10.7. The molecule has 2 aromatic heterocycles. The maximum atomic E-state index is 8.81. The highest BCUT2D eigenvalue weighted by atomic mass is 16.3. The van der Waals surface area contributed by atoms with Gasteiger partial charge < -0.3 is 9.73 Å². The minimum absolute atomic E-state index is 0.122. The number of hydrogen-bond donors (Lipinski definition) is 1. The van der Waals surface area contributed by atoms with E-state index in [1.807, 2.05) is 32.0 Å².